The van der Waals surface area contributed by atoms with Crippen LogP contribution in [0.4, 0.5) is 11.6 Å². The minimum atomic E-state index is -0.999. The Kier molecular flexibility index (Phi) is 7.71. The first-order valence-corrected chi connectivity index (χ1v) is 10.6. The Morgan fingerprint density at radius 3 is 2.50 bits per heavy atom. The topological polar surface area (TPSA) is 106 Å². The summed E-state index contributed by atoms with van der Waals surface area (Å²) in [4.78, 5) is 32.0. The van der Waals surface area contributed by atoms with Crippen LogP contribution in [0.25, 0.3) is 0 Å². The second-order valence-corrected chi connectivity index (χ2v) is 8.13. The van der Waals surface area contributed by atoms with Gasteiger partial charge in [0.15, 0.2) is 0 Å². The fourth-order valence-electron chi connectivity index (χ4n) is 2.87. The van der Waals surface area contributed by atoms with E-state index in [9.17, 15) is 9.59 Å². The first kappa shape index (κ1) is 23.6. The highest BCUT2D eigenvalue weighted by molar-refractivity contribution is 6.32. The van der Waals surface area contributed by atoms with Crippen LogP contribution in [-0.4, -0.2) is 31.7 Å². The molecule has 0 saturated heterocycles. The Hall–Kier alpha value is -3.10. The summed E-state index contributed by atoms with van der Waals surface area (Å²) in [5, 5.41) is 13.0. The van der Waals surface area contributed by atoms with Crippen LogP contribution < -0.4 is 15.7 Å². The number of aromatic nitrogens is 3. The number of ether oxygens (including phenoxy) is 1. The number of carboxylic acids is 1. The lowest BCUT2D eigenvalue weighted by molar-refractivity contribution is -0.137. The Labute approximate surface area is 194 Å². The average Bonchev–Trinajstić information content (AvgIpc) is 2.72. The summed E-state index contributed by atoms with van der Waals surface area (Å²) in [6.07, 6.45) is -0.189. The first-order chi connectivity index (χ1) is 15.2. The van der Waals surface area contributed by atoms with E-state index in [2.05, 4.69) is 15.3 Å². The van der Waals surface area contributed by atoms with Gasteiger partial charge in [-0.2, -0.15) is 9.97 Å². The minimum absolute atomic E-state index is 0.0307. The van der Waals surface area contributed by atoms with Gasteiger partial charge in [-0.3, -0.25) is 9.36 Å². The highest BCUT2D eigenvalue weighted by atomic mass is 35.5. The normalized spacial score (nSPS) is 10.9. The third-order valence-electron chi connectivity index (χ3n) is 4.31. The second kappa shape index (κ2) is 10.5. The number of carboxylic acid groups (broad SMARTS) is 1. The number of anilines is 2. The number of hydrogen-bond acceptors (Lipinski definition) is 6. The zero-order chi connectivity index (χ0) is 23.3. The molecule has 0 spiro atoms. The van der Waals surface area contributed by atoms with Crippen molar-refractivity contribution in [3.05, 3.63) is 74.4 Å². The Morgan fingerprint density at radius 2 is 1.88 bits per heavy atom. The molecule has 0 atom stereocenters. The fraction of sp³-hybridized carbons (Fsp3) is 0.273. The zero-order valence-corrected chi connectivity index (χ0v) is 19.0. The molecule has 0 amide bonds. The molecule has 3 aromatic rings. The van der Waals surface area contributed by atoms with E-state index >= 15 is 0 Å². The maximum absolute atomic E-state index is 12.8. The standard InChI is InChI=1S/C22H22Cl2N4O4/c1-13(2)32-18-8-7-16(11-17(18)24)25-21-26-19(9-10-20(29)30)27-22(31)28(21)12-14-3-5-15(23)6-4-14/h3-8,11,13H,9-10,12H2,1-2H3,(H,29,30)(H,25,26,27,31). The molecule has 0 aliphatic carbocycles. The van der Waals surface area contributed by atoms with E-state index in [0.29, 0.717) is 21.5 Å². The van der Waals surface area contributed by atoms with Crippen molar-refractivity contribution in [2.45, 2.75) is 39.3 Å². The third kappa shape index (κ3) is 6.45. The van der Waals surface area contributed by atoms with Crippen molar-refractivity contribution in [1.29, 1.82) is 0 Å². The number of aryl methyl sites for hydroxylation is 1. The molecule has 3 rings (SSSR count). The lowest BCUT2D eigenvalue weighted by Crippen LogP contribution is -2.29. The summed E-state index contributed by atoms with van der Waals surface area (Å²) >= 11 is 12.3. The van der Waals surface area contributed by atoms with Crippen LogP contribution in [0.5, 0.6) is 5.75 Å². The zero-order valence-electron chi connectivity index (χ0n) is 17.5. The van der Waals surface area contributed by atoms with E-state index in [1.807, 2.05) is 13.8 Å². The molecule has 2 N–H and O–H groups in total. The van der Waals surface area contributed by atoms with Gasteiger partial charge in [0.25, 0.3) is 0 Å². The van der Waals surface area contributed by atoms with Crippen molar-refractivity contribution in [3.63, 3.8) is 0 Å². The van der Waals surface area contributed by atoms with Crippen LogP contribution in [0.15, 0.2) is 47.3 Å². The molecule has 1 heterocycles. The van der Waals surface area contributed by atoms with E-state index < -0.39 is 11.7 Å². The Morgan fingerprint density at radius 1 is 1.16 bits per heavy atom. The van der Waals surface area contributed by atoms with Gasteiger partial charge in [-0.25, -0.2) is 4.79 Å². The van der Waals surface area contributed by atoms with Crippen LogP contribution in [0.1, 0.15) is 31.7 Å². The van der Waals surface area contributed by atoms with Gasteiger partial charge < -0.3 is 15.2 Å². The predicted octanol–water partition coefficient (Wildman–Crippen LogP) is 4.54. The van der Waals surface area contributed by atoms with E-state index in [1.165, 1.54) is 4.57 Å². The molecule has 1 aromatic heterocycles. The van der Waals surface area contributed by atoms with Gasteiger partial charge >= 0.3 is 11.7 Å². The summed E-state index contributed by atoms with van der Waals surface area (Å²) in [5.74, 6) is -0.108. The number of hydrogen-bond donors (Lipinski definition) is 2. The van der Waals surface area contributed by atoms with Gasteiger partial charge in [-0.1, -0.05) is 35.3 Å². The van der Waals surface area contributed by atoms with Crippen molar-refractivity contribution in [2.24, 2.45) is 0 Å². The first-order valence-electron chi connectivity index (χ1n) is 9.88. The Bertz CT molecular complexity index is 1160. The largest absolute Gasteiger partial charge is 0.489 e. The second-order valence-electron chi connectivity index (χ2n) is 7.29. The smallest absolute Gasteiger partial charge is 0.352 e. The maximum Gasteiger partial charge on any atom is 0.352 e. The maximum atomic E-state index is 12.8. The van der Waals surface area contributed by atoms with Crippen molar-refractivity contribution in [2.75, 3.05) is 5.32 Å². The molecule has 8 nitrogen and oxygen atoms in total. The lowest BCUT2D eigenvalue weighted by atomic mass is 10.2. The van der Waals surface area contributed by atoms with Gasteiger partial charge in [-0.15, -0.1) is 0 Å². The van der Waals surface area contributed by atoms with Crippen molar-refractivity contribution in [3.8, 4) is 5.75 Å². The molecule has 0 bridgehead atoms. The highest BCUT2D eigenvalue weighted by Crippen LogP contribution is 2.29. The molecule has 0 radical (unpaired) electrons. The summed E-state index contributed by atoms with van der Waals surface area (Å²) in [7, 11) is 0. The van der Waals surface area contributed by atoms with Crippen LogP contribution in [0, 0.1) is 0 Å². The van der Waals surface area contributed by atoms with E-state index in [0.717, 1.165) is 5.56 Å². The summed E-state index contributed by atoms with van der Waals surface area (Å²) < 4.78 is 7.01. The van der Waals surface area contributed by atoms with Gasteiger partial charge in [-0.05, 0) is 49.7 Å². The van der Waals surface area contributed by atoms with Gasteiger partial charge in [0.2, 0.25) is 5.95 Å². The van der Waals surface area contributed by atoms with Crippen LogP contribution in [-0.2, 0) is 17.8 Å². The minimum Gasteiger partial charge on any atom is -0.489 e. The number of aliphatic carboxylic acids is 1. The number of halogens is 2. The number of rotatable bonds is 9. The SMILES string of the molecule is CC(C)Oc1ccc(Nc2nc(CCC(=O)O)nc(=O)n2Cc2ccc(Cl)cc2)cc1Cl. The van der Waals surface area contributed by atoms with Crippen LogP contribution in [0.3, 0.4) is 0 Å². The molecule has 10 heteroatoms. The molecular formula is C22H22Cl2N4O4. The number of nitrogens with zero attached hydrogens (tertiary/aromatic N) is 3. The van der Waals surface area contributed by atoms with Gasteiger partial charge in [0.05, 0.1) is 24.1 Å². The summed E-state index contributed by atoms with van der Waals surface area (Å²) in [6.45, 7) is 3.99. The molecule has 0 fully saturated rings. The van der Waals surface area contributed by atoms with Gasteiger partial charge in [0, 0.05) is 17.1 Å². The average molecular weight is 477 g/mol. The molecule has 0 aliphatic heterocycles. The van der Waals surface area contributed by atoms with Crippen molar-refractivity contribution >= 4 is 40.8 Å². The number of benzene rings is 2. The molecule has 0 saturated carbocycles. The molecular weight excluding hydrogens is 455 g/mol. The van der Waals surface area contributed by atoms with E-state index in [-0.39, 0.29) is 37.3 Å². The lowest BCUT2D eigenvalue weighted by Gasteiger charge is -2.16. The monoisotopic (exact) mass is 476 g/mol. The predicted molar refractivity (Wildman–Crippen MR) is 123 cm³/mol. The fourth-order valence-corrected chi connectivity index (χ4v) is 3.22. The molecule has 32 heavy (non-hydrogen) atoms. The van der Waals surface area contributed by atoms with Crippen LogP contribution >= 0.6 is 23.2 Å². The van der Waals surface area contributed by atoms with Gasteiger partial charge in [0.1, 0.15) is 11.6 Å². The summed E-state index contributed by atoms with van der Waals surface area (Å²) in [5.41, 5.74) is 0.849. The number of carbonyl (C=O) groups is 1. The van der Waals surface area contributed by atoms with Crippen molar-refractivity contribution < 1.29 is 14.6 Å². The molecule has 0 unspecified atom stereocenters. The van der Waals surface area contributed by atoms with E-state index in [4.69, 9.17) is 33.0 Å². The van der Waals surface area contributed by atoms with E-state index in [1.54, 1.807) is 42.5 Å². The number of nitrogens with one attached hydrogen (secondary N) is 1. The highest BCUT2D eigenvalue weighted by Gasteiger charge is 2.14. The molecule has 2 aromatic carbocycles. The molecule has 168 valence electrons. The van der Waals surface area contributed by atoms with Crippen LogP contribution in [0.2, 0.25) is 10.0 Å². The Balaban J connectivity index is 1.96. The summed E-state index contributed by atoms with van der Waals surface area (Å²) in [6, 6.07) is 12.2. The quantitative estimate of drug-likeness (QED) is 0.466. The van der Waals surface area contributed by atoms with Crippen molar-refractivity contribution in [1.82, 2.24) is 14.5 Å². The molecule has 0 aliphatic rings. The third-order valence-corrected chi connectivity index (χ3v) is 4.86.